The third-order valence-electron chi connectivity index (χ3n) is 5.89. The lowest BCUT2D eigenvalue weighted by molar-refractivity contribution is -0.137. The first-order valence-corrected chi connectivity index (χ1v) is 10.5. The first-order chi connectivity index (χ1) is 15.6. The molecular formula is C22H23F3N4O4. The summed E-state index contributed by atoms with van der Waals surface area (Å²) < 4.78 is 45.1. The number of imide groups is 1. The lowest BCUT2D eigenvalue weighted by atomic mass is 9.99. The summed E-state index contributed by atoms with van der Waals surface area (Å²) in [5.41, 5.74) is -1.93. The molecule has 4 amide bonds. The molecule has 0 radical (unpaired) electrons. The van der Waals surface area contributed by atoms with Gasteiger partial charge in [-0.2, -0.15) is 13.2 Å². The number of benzene rings is 1. The van der Waals surface area contributed by atoms with Crippen LogP contribution in [0, 0.1) is 0 Å². The van der Waals surface area contributed by atoms with Crippen LogP contribution in [0.25, 0.3) is 0 Å². The molecule has 4 rings (SSSR count). The molecule has 2 aromatic rings. The van der Waals surface area contributed by atoms with Crippen molar-refractivity contribution in [3.05, 3.63) is 47.9 Å². The summed E-state index contributed by atoms with van der Waals surface area (Å²) in [6.07, 6.45) is -0.426. The molecule has 0 spiro atoms. The van der Waals surface area contributed by atoms with Crippen LogP contribution in [0.2, 0.25) is 0 Å². The van der Waals surface area contributed by atoms with Gasteiger partial charge in [-0.25, -0.2) is 4.79 Å². The highest BCUT2D eigenvalue weighted by molar-refractivity contribution is 6.10. The number of amides is 4. The number of nitrogens with one attached hydrogen (secondary N) is 2. The number of urea groups is 1. The van der Waals surface area contributed by atoms with E-state index in [2.05, 4.69) is 10.6 Å². The topological polar surface area (TPSA) is 94.9 Å². The fourth-order valence-corrected chi connectivity index (χ4v) is 4.13. The second kappa shape index (κ2) is 8.45. The van der Waals surface area contributed by atoms with Gasteiger partial charge in [0.25, 0.3) is 5.91 Å². The van der Waals surface area contributed by atoms with Gasteiger partial charge >= 0.3 is 12.2 Å². The van der Waals surface area contributed by atoms with Gasteiger partial charge in [0.05, 0.1) is 23.2 Å². The predicted octanol–water partition coefficient (Wildman–Crippen LogP) is 3.69. The number of carbonyl (C=O) groups is 3. The molecule has 2 fully saturated rings. The summed E-state index contributed by atoms with van der Waals surface area (Å²) >= 11 is 0. The van der Waals surface area contributed by atoms with E-state index in [1.807, 2.05) is 4.90 Å². The molecule has 1 atom stereocenters. The van der Waals surface area contributed by atoms with Crippen molar-refractivity contribution in [2.45, 2.75) is 37.9 Å². The molecule has 0 bridgehead atoms. The van der Waals surface area contributed by atoms with E-state index in [0.717, 1.165) is 31.4 Å². The zero-order valence-corrected chi connectivity index (χ0v) is 17.9. The third kappa shape index (κ3) is 4.39. The Morgan fingerprint density at radius 2 is 1.91 bits per heavy atom. The van der Waals surface area contributed by atoms with Crippen LogP contribution >= 0.6 is 0 Å². The minimum atomic E-state index is -4.59. The average Bonchev–Trinajstić information content (AvgIpc) is 3.38. The zero-order chi connectivity index (χ0) is 23.8. The number of carbonyl (C=O) groups excluding carboxylic acids is 3. The number of rotatable bonds is 5. The third-order valence-corrected chi connectivity index (χ3v) is 5.89. The molecule has 1 unspecified atom stereocenters. The largest absolute Gasteiger partial charge is 0.466 e. The molecule has 0 saturated carbocycles. The molecule has 2 aliphatic heterocycles. The Morgan fingerprint density at radius 3 is 2.55 bits per heavy atom. The predicted molar refractivity (Wildman–Crippen MR) is 112 cm³/mol. The van der Waals surface area contributed by atoms with Gasteiger partial charge in [-0.15, -0.1) is 0 Å². The molecule has 8 nitrogen and oxygen atoms in total. The van der Waals surface area contributed by atoms with E-state index in [-0.39, 0.29) is 11.4 Å². The van der Waals surface area contributed by atoms with Crippen LogP contribution in [0.1, 0.15) is 37.5 Å². The van der Waals surface area contributed by atoms with E-state index in [9.17, 15) is 27.6 Å². The summed E-state index contributed by atoms with van der Waals surface area (Å²) in [5, 5.41) is 4.97. The Bertz CT molecular complexity index is 1060. The molecular weight excluding hydrogens is 441 g/mol. The van der Waals surface area contributed by atoms with Crippen LogP contribution in [-0.4, -0.2) is 42.4 Å². The Morgan fingerprint density at radius 1 is 1.18 bits per heavy atom. The van der Waals surface area contributed by atoms with Gasteiger partial charge in [0.15, 0.2) is 5.54 Å². The number of hydrogen-bond donors (Lipinski definition) is 2. The van der Waals surface area contributed by atoms with Crippen molar-refractivity contribution in [2.75, 3.05) is 29.9 Å². The number of piperidine rings is 1. The monoisotopic (exact) mass is 464 g/mol. The Kier molecular flexibility index (Phi) is 5.81. The fourth-order valence-electron chi connectivity index (χ4n) is 4.13. The minimum Gasteiger partial charge on any atom is -0.466 e. The molecule has 1 aromatic carbocycles. The number of anilines is 2. The van der Waals surface area contributed by atoms with Gasteiger partial charge in [-0.1, -0.05) is 0 Å². The molecule has 1 aromatic heterocycles. The van der Waals surface area contributed by atoms with E-state index in [0.29, 0.717) is 23.7 Å². The number of furan rings is 1. The number of alkyl halides is 3. The smallest absolute Gasteiger partial charge is 0.416 e. The van der Waals surface area contributed by atoms with Gasteiger partial charge in [0.2, 0.25) is 5.91 Å². The van der Waals surface area contributed by atoms with Crippen LogP contribution in [0.5, 0.6) is 0 Å². The molecule has 33 heavy (non-hydrogen) atoms. The van der Waals surface area contributed by atoms with Crippen LogP contribution in [0.3, 0.4) is 0 Å². The highest BCUT2D eigenvalue weighted by Crippen LogP contribution is 2.36. The Labute approximate surface area is 187 Å². The van der Waals surface area contributed by atoms with Crippen LogP contribution in [0.15, 0.2) is 41.0 Å². The van der Waals surface area contributed by atoms with Crippen molar-refractivity contribution in [2.24, 2.45) is 0 Å². The highest BCUT2D eigenvalue weighted by Gasteiger charge is 2.51. The summed E-state index contributed by atoms with van der Waals surface area (Å²) in [6.45, 7) is 2.10. The van der Waals surface area contributed by atoms with Crippen molar-refractivity contribution >= 4 is 29.2 Å². The summed E-state index contributed by atoms with van der Waals surface area (Å²) in [5.74, 6) is -1.29. The van der Waals surface area contributed by atoms with Gasteiger partial charge < -0.3 is 20.0 Å². The van der Waals surface area contributed by atoms with Crippen LogP contribution in [0.4, 0.5) is 29.3 Å². The molecule has 2 aliphatic rings. The van der Waals surface area contributed by atoms with E-state index < -0.39 is 41.7 Å². The SMILES string of the molecule is CC1(c2ccco2)NC(=O)N(CC(=O)Nc2cc(C(F)(F)F)ccc2N2CCCCC2)C1=O. The van der Waals surface area contributed by atoms with Gasteiger partial charge in [0.1, 0.15) is 12.3 Å². The second-order valence-electron chi connectivity index (χ2n) is 8.25. The lowest BCUT2D eigenvalue weighted by Gasteiger charge is -2.31. The number of halogens is 3. The number of hydrogen-bond acceptors (Lipinski definition) is 5. The maximum absolute atomic E-state index is 13.3. The molecule has 176 valence electrons. The molecule has 11 heteroatoms. The van der Waals surface area contributed by atoms with E-state index >= 15 is 0 Å². The summed E-state index contributed by atoms with van der Waals surface area (Å²) in [7, 11) is 0. The van der Waals surface area contributed by atoms with Crippen molar-refractivity contribution in [3.63, 3.8) is 0 Å². The van der Waals surface area contributed by atoms with Gasteiger partial charge in [-0.05, 0) is 56.5 Å². The fraction of sp³-hybridized carbons (Fsp3) is 0.409. The highest BCUT2D eigenvalue weighted by atomic mass is 19.4. The number of nitrogens with zero attached hydrogens (tertiary/aromatic N) is 2. The Hall–Kier alpha value is -3.50. The first-order valence-electron chi connectivity index (χ1n) is 10.5. The quantitative estimate of drug-likeness (QED) is 0.659. The average molecular weight is 464 g/mol. The van der Waals surface area contributed by atoms with Crippen molar-refractivity contribution in [3.8, 4) is 0 Å². The van der Waals surface area contributed by atoms with E-state index in [1.165, 1.54) is 25.3 Å². The summed E-state index contributed by atoms with van der Waals surface area (Å²) in [6, 6.07) is 5.48. The molecule has 3 heterocycles. The minimum absolute atomic E-state index is 0.0161. The standard InChI is InChI=1S/C22H23F3N4O4/c1-21(17-6-5-11-33-17)19(31)29(20(32)27-21)13-18(30)26-15-12-14(22(23,24)25)7-8-16(15)28-9-3-2-4-10-28/h5-8,11-12H,2-4,9-10,13H2,1H3,(H,26,30)(H,27,32). The van der Waals surface area contributed by atoms with Crippen molar-refractivity contribution in [1.29, 1.82) is 0 Å². The van der Waals surface area contributed by atoms with Gasteiger partial charge in [-0.3, -0.25) is 14.5 Å². The maximum atomic E-state index is 13.3. The summed E-state index contributed by atoms with van der Waals surface area (Å²) in [4.78, 5) is 40.6. The first kappa shape index (κ1) is 22.7. The molecule has 2 saturated heterocycles. The van der Waals surface area contributed by atoms with Crippen LogP contribution in [-0.2, 0) is 21.3 Å². The van der Waals surface area contributed by atoms with Crippen LogP contribution < -0.4 is 15.5 Å². The van der Waals surface area contributed by atoms with Gasteiger partial charge in [0, 0.05) is 13.1 Å². The normalized spacial score (nSPS) is 21.3. The Balaban J connectivity index is 1.55. The van der Waals surface area contributed by atoms with E-state index in [1.54, 1.807) is 6.07 Å². The maximum Gasteiger partial charge on any atom is 0.416 e. The zero-order valence-electron chi connectivity index (χ0n) is 17.9. The second-order valence-corrected chi connectivity index (χ2v) is 8.25. The van der Waals surface area contributed by atoms with E-state index in [4.69, 9.17) is 4.42 Å². The molecule has 2 N–H and O–H groups in total. The lowest BCUT2D eigenvalue weighted by Crippen LogP contribution is -2.42. The molecule has 0 aliphatic carbocycles. The van der Waals surface area contributed by atoms with Crippen molar-refractivity contribution in [1.82, 2.24) is 10.2 Å². The van der Waals surface area contributed by atoms with Crippen molar-refractivity contribution < 1.29 is 32.0 Å².